The number of imidazole rings is 1. The lowest BCUT2D eigenvalue weighted by atomic mass is 10.0. The number of carboxylic acid groups (broad SMARTS) is 2. The standard InChI is InChI=1S/C38H32N4O6/c43-33(39-22-4-7-24-5-2-1-3-6-24)21-10-25-8-11-27(12-9-25)34-35(41-36(40-34)29-17-19-30(20-18-29)37(44)45)28-15-13-26(14-16-28)31-23-32(38(46)47)48-42-31/h1-3,5-6,8-21,23,32,42H,4,7,22H2,(H,39,43)(H,40,41)(H,44,45)(H,46,47). The number of aliphatic carboxylic acids is 1. The van der Waals surface area contributed by atoms with Gasteiger partial charge in [0.05, 0.1) is 22.6 Å². The number of amides is 1. The first-order chi connectivity index (χ1) is 23.3. The Morgan fingerprint density at radius 1 is 0.812 bits per heavy atom. The minimum atomic E-state index is -1.08. The van der Waals surface area contributed by atoms with E-state index in [9.17, 15) is 24.6 Å². The zero-order valence-electron chi connectivity index (χ0n) is 25.7. The van der Waals surface area contributed by atoms with Crippen LogP contribution in [0.5, 0.6) is 0 Å². The van der Waals surface area contributed by atoms with E-state index in [0.29, 0.717) is 23.8 Å². The maximum atomic E-state index is 12.4. The number of rotatable bonds is 12. The highest BCUT2D eigenvalue weighted by Gasteiger charge is 2.24. The lowest BCUT2D eigenvalue weighted by molar-refractivity contribution is -0.148. The molecule has 0 saturated heterocycles. The Labute approximate surface area is 276 Å². The highest BCUT2D eigenvalue weighted by Crippen LogP contribution is 2.34. The molecule has 0 spiro atoms. The predicted molar refractivity (Wildman–Crippen MR) is 182 cm³/mol. The van der Waals surface area contributed by atoms with Gasteiger partial charge in [0.2, 0.25) is 12.0 Å². The van der Waals surface area contributed by atoms with Crippen LogP contribution >= 0.6 is 0 Å². The van der Waals surface area contributed by atoms with Crippen molar-refractivity contribution in [1.82, 2.24) is 20.8 Å². The topological polar surface area (TPSA) is 154 Å². The number of hydrogen-bond donors (Lipinski definition) is 5. The molecular formula is C38H32N4O6. The molecule has 5 N–H and O–H groups in total. The minimum absolute atomic E-state index is 0.154. The monoisotopic (exact) mass is 640 g/mol. The van der Waals surface area contributed by atoms with Gasteiger partial charge in [-0.3, -0.25) is 15.1 Å². The van der Waals surface area contributed by atoms with Gasteiger partial charge in [0, 0.05) is 29.3 Å². The van der Waals surface area contributed by atoms with Gasteiger partial charge < -0.3 is 20.5 Å². The fourth-order valence-electron chi connectivity index (χ4n) is 5.27. The molecule has 1 atom stereocenters. The summed E-state index contributed by atoms with van der Waals surface area (Å²) in [4.78, 5) is 48.4. The maximum Gasteiger partial charge on any atom is 0.339 e. The van der Waals surface area contributed by atoms with E-state index in [1.165, 1.54) is 29.8 Å². The lowest BCUT2D eigenvalue weighted by Crippen LogP contribution is -2.22. The third-order valence-corrected chi connectivity index (χ3v) is 7.85. The number of H-pyrrole nitrogens is 1. The van der Waals surface area contributed by atoms with Crippen molar-refractivity contribution in [1.29, 1.82) is 0 Å². The summed E-state index contributed by atoms with van der Waals surface area (Å²) in [6, 6.07) is 31.8. The lowest BCUT2D eigenvalue weighted by Gasteiger charge is -2.07. The van der Waals surface area contributed by atoms with Gasteiger partial charge in [-0.15, -0.1) is 0 Å². The molecular weight excluding hydrogens is 608 g/mol. The van der Waals surface area contributed by atoms with Crippen LogP contribution in [0.4, 0.5) is 0 Å². The number of carboxylic acids is 2. The molecule has 1 unspecified atom stereocenters. The normalized spacial score (nSPS) is 14.0. The van der Waals surface area contributed by atoms with Gasteiger partial charge in [0.25, 0.3) is 0 Å². The van der Waals surface area contributed by atoms with Crippen molar-refractivity contribution in [2.45, 2.75) is 18.9 Å². The Kier molecular flexibility index (Phi) is 9.54. The number of carbonyl (C=O) groups excluding carboxylic acids is 1. The number of aromatic carboxylic acids is 1. The first kappa shape index (κ1) is 31.7. The van der Waals surface area contributed by atoms with Crippen molar-refractivity contribution in [2.75, 3.05) is 6.54 Å². The second-order valence-corrected chi connectivity index (χ2v) is 11.2. The van der Waals surface area contributed by atoms with Crippen molar-refractivity contribution >= 4 is 29.6 Å². The maximum absolute atomic E-state index is 12.4. The van der Waals surface area contributed by atoms with E-state index in [4.69, 9.17) is 9.82 Å². The summed E-state index contributed by atoms with van der Waals surface area (Å²) < 4.78 is 0. The Balaban J connectivity index is 1.20. The molecule has 2 heterocycles. The van der Waals surface area contributed by atoms with Gasteiger partial charge in [0.15, 0.2) is 0 Å². The number of aryl methyl sites for hydroxylation is 1. The summed E-state index contributed by atoms with van der Waals surface area (Å²) in [6.07, 6.45) is 5.49. The van der Waals surface area contributed by atoms with E-state index >= 15 is 0 Å². The second-order valence-electron chi connectivity index (χ2n) is 11.2. The van der Waals surface area contributed by atoms with Gasteiger partial charge >= 0.3 is 11.9 Å². The molecule has 0 aliphatic carbocycles. The first-order valence-electron chi connectivity index (χ1n) is 15.3. The van der Waals surface area contributed by atoms with Crippen molar-refractivity contribution < 1.29 is 29.4 Å². The molecule has 240 valence electrons. The van der Waals surface area contributed by atoms with Gasteiger partial charge in [-0.05, 0) is 53.8 Å². The average Bonchev–Trinajstić information content (AvgIpc) is 3.79. The molecule has 0 radical (unpaired) electrons. The van der Waals surface area contributed by atoms with Crippen LogP contribution in [0.1, 0.15) is 33.5 Å². The summed E-state index contributed by atoms with van der Waals surface area (Å²) in [5, 5.41) is 21.5. The summed E-state index contributed by atoms with van der Waals surface area (Å²) in [7, 11) is 0. The molecule has 4 aromatic carbocycles. The van der Waals surface area contributed by atoms with E-state index in [1.807, 2.05) is 66.7 Å². The van der Waals surface area contributed by atoms with Crippen LogP contribution in [0, 0.1) is 0 Å². The molecule has 10 nitrogen and oxygen atoms in total. The molecule has 6 rings (SSSR count). The number of hydroxylamine groups is 1. The number of aromatic amines is 1. The van der Waals surface area contributed by atoms with Crippen molar-refractivity contribution in [3.8, 4) is 33.9 Å². The molecule has 1 amide bonds. The number of aromatic nitrogens is 2. The van der Waals surface area contributed by atoms with Gasteiger partial charge in [0.1, 0.15) is 5.82 Å². The Bertz CT molecular complexity index is 1980. The fourth-order valence-corrected chi connectivity index (χ4v) is 5.27. The third-order valence-electron chi connectivity index (χ3n) is 7.85. The molecule has 48 heavy (non-hydrogen) atoms. The fraction of sp³-hybridized carbons (Fsp3) is 0.105. The van der Waals surface area contributed by atoms with Crippen LogP contribution in [0.15, 0.2) is 115 Å². The highest BCUT2D eigenvalue weighted by atomic mass is 16.7. The zero-order chi connectivity index (χ0) is 33.5. The molecule has 0 saturated carbocycles. The van der Waals surface area contributed by atoms with Gasteiger partial charge in [-0.25, -0.2) is 14.6 Å². The van der Waals surface area contributed by atoms with E-state index < -0.39 is 18.0 Å². The summed E-state index contributed by atoms with van der Waals surface area (Å²) >= 11 is 0. The number of nitrogens with one attached hydrogen (secondary N) is 3. The first-order valence-corrected chi connectivity index (χ1v) is 15.3. The summed E-state index contributed by atoms with van der Waals surface area (Å²) in [5.41, 5.74) is 10.0. The summed E-state index contributed by atoms with van der Waals surface area (Å²) in [6.45, 7) is 0.590. The van der Waals surface area contributed by atoms with Gasteiger partial charge in [-0.2, -0.15) is 0 Å². The molecule has 0 bridgehead atoms. The highest BCUT2D eigenvalue weighted by molar-refractivity contribution is 5.92. The van der Waals surface area contributed by atoms with Crippen LogP contribution in [0.2, 0.25) is 0 Å². The molecule has 1 aromatic heterocycles. The molecule has 0 fully saturated rings. The van der Waals surface area contributed by atoms with Crippen LogP contribution < -0.4 is 10.8 Å². The van der Waals surface area contributed by atoms with Crippen molar-refractivity contribution in [3.63, 3.8) is 0 Å². The van der Waals surface area contributed by atoms with Crippen LogP contribution in [0.3, 0.4) is 0 Å². The van der Waals surface area contributed by atoms with Crippen LogP contribution in [-0.4, -0.2) is 50.7 Å². The SMILES string of the molecule is O=C(C=Cc1ccc(-c2[nH]c(-c3ccc(C(=O)O)cc3)nc2-c2ccc(C3=CC(C(=O)O)ON3)cc2)cc1)NCCCc1ccccc1. The Hall–Kier alpha value is -6.26. The third kappa shape index (κ3) is 7.57. The largest absolute Gasteiger partial charge is 0.479 e. The Morgan fingerprint density at radius 3 is 2.15 bits per heavy atom. The molecule has 1 aliphatic heterocycles. The van der Waals surface area contributed by atoms with Crippen molar-refractivity contribution in [3.05, 3.63) is 138 Å². The van der Waals surface area contributed by atoms with E-state index in [-0.39, 0.29) is 11.5 Å². The molecule has 1 aliphatic rings. The number of nitrogens with zero attached hydrogens (tertiary/aromatic N) is 1. The Morgan fingerprint density at radius 2 is 1.48 bits per heavy atom. The average molecular weight is 641 g/mol. The van der Waals surface area contributed by atoms with E-state index in [2.05, 4.69) is 27.9 Å². The number of carbonyl (C=O) groups is 3. The van der Waals surface area contributed by atoms with Crippen LogP contribution in [0.25, 0.3) is 45.7 Å². The molecule has 10 heteroatoms. The second kappa shape index (κ2) is 14.4. The zero-order valence-corrected chi connectivity index (χ0v) is 25.7. The van der Waals surface area contributed by atoms with Crippen molar-refractivity contribution in [2.24, 2.45) is 0 Å². The molecule has 5 aromatic rings. The van der Waals surface area contributed by atoms with E-state index in [1.54, 1.807) is 18.2 Å². The van der Waals surface area contributed by atoms with Gasteiger partial charge in [-0.1, -0.05) is 91.0 Å². The van der Waals surface area contributed by atoms with Crippen LogP contribution in [-0.2, 0) is 20.8 Å². The minimum Gasteiger partial charge on any atom is -0.479 e. The summed E-state index contributed by atoms with van der Waals surface area (Å²) in [5.74, 6) is -1.69. The number of benzene rings is 4. The quantitative estimate of drug-likeness (QED) is 0.0798. The smallest absolute Gasteiger partial charge is 0.339 e. The number of hydrogen-bond acceptors (Lipinski definition) is 6. The predicted octanol–water partition coefficient (Wildman–Crippen LogP) is 6.20. The van der Waals surface area contributed by atoms with E-state index in [0.717, 1.165) is 46.4 Å².